The van der Waals surface area contributed by atoms with Crippen molar-refractivity contribution in [1.29, 1.82) is 0 Å². The number of ether oxygens (including phenoxy) is 2. The standard InChI is InChI=1S/C22H44O4/c1-3-5-7-9-11-12-14-16-18-25-20-21(19-23)26-22(24)17-15-13-10-8-6-4-2/h21,23H,3-20H2,1-2H3. The molecule has 1 unspecified atom stereocenters. The molecule has 0 fully saturated rings. The highest BCUT2D eigenvalue weighted by atomic mass is 16.6. The Balaban J connectivity index is 3.48. The SMILES string of the molecule is CCCCCCCCCCOCC(CO)OC(=O)CCCCCCCC. The van der Waals surface area contributed by atoms with Gasteiger partial charge in [0.1, 0.15) is 6.10 Å². The molecule has 0 amide bonds. The first-order valence-electron chi connectivity index (χ1n) is 11.1. The minimum absolute atomic E-state index is 0.167. The van der Waals surface area contributed by atoms with Gasteiger partial charge in [-0.1, -0.05) is 90.9 Å². The Bertz CT molecular complexity index is 294. The highest BCUT2D eigenvalue weighted by Gasteiger charge is 2.13. The molecule has 0 aromatic heterocycles. The van der Waals surface area contributed by atoms with Crippen LogP contribution in [0.1, 0.15) is 110 Å². The van der Waals surface area contributed by atoms with Gasteiger partial charge in [0.2, 0.25) is 0 Å². The summed E-state index contributed by atoms with van der Waals surface area (Å²) in [5.41, 5.74) is 0. The van der Waals surface area contributed by atoms with Gasteiger partial charge in [-0.25, -0.2) is 0 Å². The van der Waals surface area contributed by atoms with Gasteiger partial charge in [-0.05, 0) is 12.8 Å². The summed E-state index contributed by atoms with van der Waals surface area (Å²) < 4.78 is 10.9. The number of aliphatic hydroxyl groups excluding tert-OH is 1. The average molecular weight is 373 g/mol. The van der Waals surface area contributed by atoms with Crippen LogP contribution >= 0.6 is 0 Å². The smallest absolute Gasteiger partial charge is 0.306 e. The van der Waals surface area contributed by atoms with Crippen molar-refractivity contribution in [2.24, 2.45) is 0 Å². The molecule has 1 N–H and O–H groups in total. The number of hydrogen-bond acceptors (Lipinski definition) is 4. The Hall–Kier alpha value is -0.610. The van der Waals surface area contributed by atoms with Gasteiger partial charge < -0.3 is 14.6 Å². The van der Waals surface area contributed by atoms with Gasteiger partial charge in [0.15, 0.2) is 0 Å². The van der Waals surface area contributed by atoms with Crippen LogP contribution in [0.4, 0.5) is 0 Å². The van der Waals surface area contributed by atoms with Crippen LogP contribution in [0.25, 0.3) is 0 Å². The third-order valence-electron chi connectivity index (χ3n) is 4.68. The van der Waals surface area contributed by atoms with Gasteiger partial charge in [-0.2, -0.15) is 0 Å². The van der Waals surface area contributed by atoms with Gasteiger partial charge in [-0.3, -0.25) is 4.79 Å². The summed E-state index contributed by atoms with van der Waals surface area (Å²) in [4.78, 5) is 11.8. The van der Waals surface area contributed by atoms with Crippen LogP contribution in [0.2, 0.25) is 0 Å². The van der Waals surface area contributed by atoms with Crippen LogP contribution in [0, 0.1) is 0 Å². The molecule has 26 heavy (non-hydrogen) atoms. The quantitative estimate of drug-likeness (QED) is 0.217. The summed E-state index contributed by atoms with van der Waals surface area (Å²) in [7, 11) is 0. The Labute approximate surface area is 162 Å². The molecule has 0 saturated carbocycles. The van der Waals surface area contributed by atoms with E-state index in [4.69, 9.17) is 9.47 Å². The third kappa shape index (κ3) is 18.2. The zero-order chi connectivity index (χ0) is 19.3. The number of hydrogen-bond donors (Lipinski definition) is 1. The van der Waals surface area contributed by atoms with E-state index in [0.717, 1.165) is 19.3 Å². The van der Waals surface area contributed by atoms with Crippen molar-refractivity contribution in [2.45, 2.75) is 116 Å². The van der Waals surface area contributed by atoms with E-state index in [0.29, 0.717) is 19.6 Å². The third-order valence-corrected chi connectivity index (χ3v) is 4.68. The molecule has 4 heteroatoms. The Morgan fingerprint density at radius 1 is 0.769 bits per heavy atom. The normalized spacial score (nSPS) is 12.3. The van der Waals surface area contributed by atoms with Crippen LogP contribution in [0.15, 0.2) is 0 Å². The molecule has 156 valence electrons. The van der Waals surface area contributed by atoms with Crippen molar-refractivity contribution < 1.29 is 19.4 Å². The van der Waals surface area contributed by atoms with Gasteiger partial charge >= 0.3 is 5.97 Å². The fraction of sp³-hybridized carbons (Fsp3) is 0.955. The second-order valence-electron chi connectivity index (χ2n) is 7.36. The molecular weight excluding hydrogens is 328 g/mol. The minimum atomic E-state index is -0.517. The summed E-state index contributed by atoms with van der Waals surface area (Å²) in [6.45, 7) is 5.25. The van der Waals surface area contributed by atoms with E-state index in [2.05, 4.69) is 13.8 Å². The highest BCUT2D eigenvalue weighted by molar-refractivity contribution is 5.69. The molecule has 0 aliphatic rings. The topological polar surface area (TPSA) is 55.8 Å². The molecular formula is C22H44O4. The fourth-order valence-electron chi connectivity index (χ4n) is 2.97. The maximum Gasteiger partial charge on any atom is 0.306 e. The predicted octanol–water partition coefficient (Wildman–Crippen LogP) is 5.80. The number of carbonyl (C=O) groups excluding carboxylic acids is 1. The lowest BCUT2D eigenvalue weighted by Crippen LogP contribution is -2.27. The van der Waals surface area contributed by atoms with Crippen LogP contribution in [-0.4, -0.2) is 37.0 Å². The van der Waals surface area contributed by atoms with Gasteiger partial charge in [0, 0.05) is 13.0 Å². The monoisotopic (exact) mass is 372 g/mol. The molecule has 0 spiro atoms. The molecule has 0 radical (unpaired) electrons. The lowest BCUT2D eigenvalue weighted by molar-refractivity contribution is -0.154. The molecule has 0 aliphatic heterocycles. The second kappa shape index (κ2) is 20.7. The molecule has 0 saturated heterocycles. The first-order chi connectivity index (χ1) is 12.7. The minimum Gasteiger partial charge on any atom is -0.457 e. The number of aliphatic hydroxyl groups is 1. The van der Waals surface area contributed by atoms with Crippen molar-refractivity contribution in [3.63, 3.8) is 0 Å². The van der Waals surface area contributed by atoms with Crippen molar-refractivity contribution >= 4 is 5.97 Å². The number of unbranched alkanes of at least 4 members (excludes halogenated alkanes) is 12. The lowest BCUT2D eigenvalue weighted by Gasteiger charge is -2.15. The second-order valence-corrected chi connectivity index (χ2v) is 7.36. The molecule has 1 atom stereocenters. The zero-order valence-corrected chi connectivity index (χ0v) is 17.5. The van der Waals surface area contributed by atoms with Crippen LogP contribution in [0.5, 0.6) is 0 Å². The average Bonchev–Trinajstić information content (AvgIpc) is 2.65. The summed E-state index contributed by atoms with van der Waals surface area (Å²) in [5, 5.41) is 9.33. The summed E-state index contributed by atoms with van der Waals surface area (Å²) in [6, 6.07) is 0. The Kier molecular flexibility index (Phi) is 20.2. The van der Waals surface area contributed by atoms with Crippen LogP contribution < -0.4 is 0 Å². The molecule has 0 bridgehead atoms. The summed E-state index contributed by atoms with van der Waals surface area (Å²) in [6.07, 6.45) is 17.0. The largest absolute Gasteiger partial charge is 0.457 e. The van der Waals surface area contributed by atoms with Crippen molar-refractivity contribution in [3.8, 4) is 0 Å². The summed E-state index contributed by atoms with van der Waals surface area (Å²) in [5.74, 6) is -0.213. The van der Waals surface area contributed by atoms with E-state index >= 15 is 0 Å². The van der Waals surface area contributed by atoms with E-state index in [-0.39, 0.29) is 12.6 Å². The molecule has 0 heterocycles. The van der Waals surface area contributed by atoms with Crippen LogP contribution in [-0.2, 0) is 14.3 Å². The molecule has 4 nitrogen and oxygen atoms in total. The molecule has 0 aromatic rings. The number of rotatable bonds is 20. The maximum absolute atomic E-state index is 11.8. The Morgan fingerprint density at radius 3 is 1.81 bits per heavy atom. The molecule has 0 rings (SSSR count). The fourth-order valence-corrected chi connectivity index (χ4v) is 2.97. The number of esters is 1. The highest BCUT2D eigenvalue weighted by Crippen LogP contribution is 2.10. The van der Waals surface area contributed by atoms with E-state index in [1.165, 1.54) is 70.6 Å². The van der Waals surface area contributed by atoms with Gasteiger partial charge in [0.25, 0.3) is 0 Å². The first kappa shape index (κ1) is 25.4. The van der Waals surface area contributed by atoms with Gasteiger partial charge in [-0.15, -0.1) is 0 Å². The summed E-state index contributed by atoms with van der Waals surface area (Å²) >= 11 is 0. The Morgan fingerprint density at radius 2 is 1.27 bits per heavy atom. The lowest BCUT2D eigenvalue weighted by atomic mass is 10.1. The van der Waals surface area contributed by atoms with E-state index in [9.17, 15) is 9.90 Å². The van der Waals surface area contributed by atoms with E-state index in [1.54, 1.807) is 0 Å². The number of carbonyl (C=O) groups is 1. The zero-order valence-electron chi connectivity index (χ0n) is 17.5. The molecule has 0 aromatic carbocycles. The van der Waals surface area contributed by atoms with Gasteiger partial charge in [0.05, 0.1) is 13.2 Å². The first-order valence-corrected chi connectivity index (χ1v) is 11.1. The van der Waals surface area contributed by atoms with Crippen molar-refractivity contribution in [1.82, 2.24) is 0 Å². The van der Waals surface area contributed by atoms with Crippen LogP contribution in [0.3, 0.4) is 0 Å². The van der Waals surface area contributed by atoms with E-state index < -0.39 is 6.10 Å². The maximum atomic E-state index is 11.8. The predicted molar refractivity (Wildman–Crippen MR) is 108 cm³/mol. The molecule has 0 aliphatic carbocycles. The van der Waals surface area contributed by atoms with Crippen molar-refractivity contribution in [2.75, 3.05) is 19.8 Å². The van der Waals surface area contributed by atoms with Crippen molar-refractivity contribution in [3.05, 3.63) is 0 Å². The van der Waals surface area contributed by atoms with E-state index in [1.807, 2.05) is 0 Å².